The molecule has 10 nitrogen and oxygen atoms in total. The number of hydrogen-bond donors (Lipinski definition) is 1. The number of benzene rings is 3. The van der Waals surface area contributed by atoms with Crippen LogP contribution in [0.25, 0.3) is 11.3 Å². The average Bonchev–Trinajstić information content (AvgIpc) is 3.39. The van der Waals surface area contributed by atoms with E-state index in [0.717, 1.165) is 36.1 Å². The Morgan fingerprint density at radius 1 is 0.881 bits per heavy atom. The molecule has 4 aromatic rings. The molecule has 1 amide bonds. The monoisotopic (exact) mass is 577 g/mol. The predicted octanol–water partition coefficient (Wildman–Crippen LogP) is 4.99. The van der Waals surface area contributed by atoms with Crippen molar-refractivity contribution < 1.29 is 37.0 Å². The van der Waals surface area contributed by atoms with Crippen molar-refractivity contribution in [3.05, 3.63) is 90.0 Å². The molecule has 0 radical (unpaired) electrons. The zero-order valence-corrected chi connectivity index (χ0v) is 22.0. The van der Waals surface area contributed by atoms with Crippen molar-refractivity contribution in [1.82, 2.24) is 14.9 Å². The molecule has 0 fully saturated rings. The Balaban J connectivity index is 1.53. The van der Waals surface area contributed by atoms with Crippen LogP contribution in [-0.2, 0) is 4.79 Å². The summed E-state index contributed by atoms with van der Waals surface area (Å²) in [5.74, 6) is -3.19. The highest BCUT2D eigenvalue weighted by molar-refractivity contribution is 6.00. The highest BCUT2D eigenvalue weighted by atomic mass is 19.4. The number of halogens is 3. The van der Waals surface area contributed by atoms with E-state index in [-0.39, 0.29) is 17.5 Å². The summed E-state index contributed by atoms with van der Waals surface area (Å²) in [6, 6.07) is 20.4. The molecule has 0 atom stereocenters. The molecular weight excluding hydrogens is 555 g/mol. The molecular formula is C29H22F3N5O5. The minimum atomic E-state index is -5.28. The summed E-state index contributed by atoms with van der Waals surface area (Å²) in [5.41, 5.74) is 7.05. The van der Waals surface area contributed by atoms with Gasteiger partial charge in [0.25, 0.3) is 0 Å². The third kappa shape index (κ3) is 6.46. The number of carbonyl (C=O) groups excluding carboxylic acids is 2. The normalized spacial score (nSPS) is 13.0. The minimum Gasteiger partial charge on any atom is -0.439 e. The Labute approximate surface area is 237 Å². The predicted molar refractivity (Wildman–Crippen MR) is 145 cm³/mol. The SMILES string of the molecule is CN1CCN=C1c1cccc(Oc2cc(-c3ccccc3)nc(Oc3cc(C(N)=O)ccc3OC(=O)C(F)(F)F)n2)c1. The first-order valence-electron chi connectivity index (χ1n) is 12.5. The van der Waals surface area contributed by atoms with Crippen LogP contribution < -0.4 is 19.9 Å². The van der Waals surface area contributed by atoms with E-state index in [0.29, 0.717) is 23.6 Å². The molecule has 0 bridgehead atoms. The molecule has 0 aliphatic carbocycles. The summed E-state index contributed by atoms with van der Waals surface area (Å²) >= 11 is 0. The molecule has 1 aromatic heterocycles. The number of esters is 1. The van der Waals surface area contributed by atoms with E-state index in [1.54, 1.807) is 48.5 Å². The van der Waals surface area contributed by atoms with Crippen LogP contribution in [0.2, 0.25) is 0 Å². The maximum Gasteiger partial charge on any atom is 0.491 e. The summed E-state index contributed by atoms with van der Waals surface area (Å²) in [4.78, 5) is 38.4. The Morgan fingerprint density at radius 3 is 2.33 bits per heavy atom. The van der Waals surface area contributed by atoms with Crippen LogP contribution >= 0.6 is 0 Å². The molecule has 1 aliphatic heterocycles. The fraction of sp³-hybridized carbons (Fsp3) is 0.138. The van der Waals surface area contributed by atoms with E-state index in [1.165, 1.54) is 0 Å². The van der Waals surface area contributed by atoms with Gasteiger partial charge in [0.05, 0.1) is 12.2 Å². The van der Waals surface area contributed by atoms with Gasteiger partial charge in [0.15, 0.2) is 11.5 Å². The summed E-state index contributed by atoms with van der Waals surface area (Å²) < 4.78 is 54.9. The lowest BCUT2D eigenvalue weighted by atomic mass is 10.1. The van der Waals surface area contributed by atoms with Gasteiger partial charge in [0.2, 0.25) is 11.8 Å². The lowest BCUT2D eigenvalue weighted by molar-refractivity contribution is -0.189. The second-order valence-corrected chi connectivity index (χ2v) is 9.01. The van der Waals surface area contributed by atoms with Crippen molar-refractivity contribution in [2.24, 2.45) is 10.7 Å². The highest BCUT2D eigenvalue weighted by Crippen LogP contribution is 2.35. The van der Waals surface area contributed by atoms with Crippen LogP contribution in [-0.4, -0.2) is 58.9 Å². The second-order valence-electron chi connectivity index (χ2n) is 9.01. The number of ether oxygens (including phenoxy) is 3. The lowest BCUT2D eigenvalue weighted by Crippen LogP contribution is -2.28. The standard InChI is InChI=1S/C29H22F3N5O5/c1-37-13-12-34-26(37)19-8-5-9-20(14-19)40-24-16-21(17-6-3-2-4-7-17)35-28(36-24)42-23-15-18(25(33)38)10-11-22(23)41-27(39)29(30,31)32/h2-11,14-16H,12-13H2,1H3,(H2,33,38). The molecule has 13 heteroatoms. The molecule has 2 heterocycles. The van der Waals surface area contributed by atoms with Gasteiger partial charge in [-0.15, -0.1) is 0 Å². The maximum absolute atomic E-state index is 12.9. The number of carbonyl (C=O) groups is 2. The van der Waals surface area contributed by atoms with Crippen molar-refractivity contribution in [3.8, 4) is 40.4 Å². The first-order chi connectivity index (χ1) is 20.1. The number of amidine groups is 1. The summed E-state index contributed by atoms with van der Waals surface area (Å²) in [7, 11) is 1.94. The molecule has 42 heavy (non-hydrogen) atoms. The number of rotatable bonds is 8. The topological polar surface area (TPSA) is 129 Å². The molecule has 0 unspecified atom stereocenters. The fourth-order valence-electron chi connectivity index (χ4n) is 4.00. The number of likely N-dealkylation sites (N-methyl/N-ethyl adjacent to an activating group) is 1. The first-order valence-corrected chi connectivity index (χ1v) is 12.5. The van der Waals surface area contributed by atoms with Gasteiger partial charge < -0.3 is 24.8 Å². The number of nitrogens with zero attached hydrogens (tertiary/aromatic N) is 4. The molecule has 0 spiro atoms. The van der Waals surface area contributed by atoms with E-state index < -0.39 is 29.6 Å². The molecule has 2 N–H and O–H groups in total. The zero-order chi connectivity index (χ0) is 29.9. The Morgan fingerprint density at radius 2 is 1.64 bits per heavy atom. The molecule has 0 saturated carbocycles. The Kier molecular flexibility index (Phi) is 7.74. The zero-order valence-electron chi connectivity index (χ0n) is 22.0. The number of alkyl halides is 3. The Hall–Kier alpha value is -5.46. The van der Waals surface area contributed by atoms with Crippen molar-refractivity contribution in [3.63, 3.8) is 0 Å². The largest absolute Gasteiger partial charge is 0.491 e. The number of aliphatic imine (C=N–C) groups is 1. The quantitative estimate of drug-likeness (QED) is 0.229. The second kappa shape index (κ2) is 11.6. The third-order valence-corrected chi connectivity index (χ3v) is 5.99. The van der Waals surface area contributed by atoms with Gasteiger partial charge in [0, 0.05) is 36.3 Å². The van der Waals surface area contributed by atoms with Crippen LogP contribution in [0.1, 0.15) is 15.9 Å². The lowest BCUT2D eigenvalue weighted by Gasteiger charge is -2.15. The van der Waals surface area contributed by atoms with Crippen LogP contribution in [0.3, 0.4) is 0 Å². The van der Waals surface area contributed by atoms with Gasteiger partial charge in [-0.3, -0.25) is 9.79 Å². The van der Waals surface area contributed by atoms with Gasteiger partial charge in [-0.25, -0.2) is 4.79 Å². The number of primary amides is 1. The number of amides is 1. The fourth-order valence-corrected chi connectivity index (χ4v) is 4.00. The summed E-state index contributed by atoms with van der Waals surface area (Å²) in [5, 5.41) is 0. The first kappa shape index (κ1) is 28.1. The van der Waals surface area contributed by atoms with Gasteiger partial charge in [-0.2, -0.15) is 23.1 Å². The van der Waals surface area contributed by atoms with E-state index in [1.807, 2.05) is 24.1 Å². The number of aromatic nitrogens is 2. The van der Waals surface area contributed by atoms with Crippen LogP contribution in [0.4, 0.5) is 13.2 Å². The molecule has 214 valence electrons. The number of hydrogen-bond acceptors (Lipinski definition) is 9. The maximum atomic E-state index is 12.9. The van der Waals surface area contributed by atoms with Crippen LogP contribution in [0, 0.1) is 0 Å². The van der Waals surface area contributed by atoms with Crippen molar-refractivity contribution in [2.75, 3.05) is 20.1 Å². The van der Waals surface area contributed by atoms with Crippen LogP contribution in [0.15, 0.2) is 83.9 Å². The number of nitrogens with two attached hydrogens (primary N) is 1. The van der Waals surface area contributed by atoms with Crippen molar-refractivity contribution >= 4 is 17.7 Å². The van der Waals surface area contributed by atoms with E-state index >= 15 is 0 Å². The third-order valence-electron chi connectivity index (χ3n) is 5.99. The average molecular weight is 578 g/mol. The van der Waals surface area contributed by atoms with Gasteiger partial charge in [0.1, 0.15) is 11.6 Å². The molecule has 0 saturated heterocycles. The van der Waals surface area contributed by atoms with E-state index in [4.69, 9.17) is 15.2 Å². The van der Waals surface area contributed by atoms with Crippen LogP contribution in [0.5, 0.6) is 29.1 Å². The van der Waals surface area contributed by atoms with Gasteiger partial charge in [-0.05, 0) is 30.3 Å². The van der Waals surface area contributed by atoms with E-state index in [2.05, 4.69) is 19.7 Å². The molecule has 5 rings (SSSR count). The molecule has 1 aliphatic rings. The van der Waals surface area contributed by atoms with Gasteiger partial charge in [-0.1, -0.05) is 42.5 Å². The van der Waals surface area contributed by atoms with Crippen molar-refractivity contribution in [2.45, 2.75) is 6.18 Å². The van der Waals surface area contributed by atoms with Crippen molar-refractivity contribution in [1.29, 1.82) is 0 Å². The summed E-state index contributed by atoms with van der Waals surface area (Å²) in [6.45, 7) is 1.48. The summed E-state index contributed by atoms with van der Waals surface area (Å²) in [6.07, 6.45) is -5.28. The van der Waals surface area contributed by atoms with E-state index in [9.17, 15) is 22.8 Å². The van der Waals surface area contributed by atoms with Gasteiger partial charge >= 0.3 is 18.2 Å². The minimum absolute atomic E-state index is 0.0395. The smallest absolute Gasteiger partial charge is 0.439 e. The molecule has 3 aromatic carbocycles. The Bertz CT molecular complexity index is 1680. The highest BCUT2D eigenvalue weighted by Gasteiger charge is 2.42.